The van der Waals surface area contributed by atoms with Crippen LogP contribution in [0.2, 0.25) is 0 Å². The Balaban J connectivity index is 1.82. The molecule has 0 saturated carbocycles. The van der Waals surface area contributed by atoms with Crippen LogP contribution in [0.4, 0.5) is 0 Å². The number of fused-ring (bicyclic) bond motifs is 1. The lowest BCUT2D eigenvalue weighted by atomic mass is 9.96. The second-order valence-corrected chi connectivity index (χ2v) is 10.2. The van der Waals surface area contributed by atoms with E-state index in [0.717, 1.165) is 24.0 Å². The van der Waals surface area contributed by atoms with Crippen molar-refractivity contribution in [1.29, 1.82) is 0 Å². The fourth-order valence-corrected chi connectivity index (χ4v) is 5.55. The third kappa shape index (κ3) is 6.31. The molecule has 9 heteroatoms. The molecule has 4 rings (SSSR count). The van der Waals surface area contributed by atoms with Crippen molar-refractivity contribution in [2.75, 3.05) is 26.4 Å². The van der Waals surface area contributed by atoms with Crippen molar-refractivity contribution < 1.29 is 23.7 Å². The normalized spacial score (nSPS) is 14.9. The van der Waals surface area contributed by atoms with E-state index in [2.05, 4.69) is 11.9 Å². The third-order valence-corrected chi connectivity index (χ3v) is 7.33. The van der Waals surface area contributed by atoms with Gasteiger partial charge in [-0.25, -0.2) is 9.79 Å². The first kappa shape index (κ1) is 29.1. The number of aromatic nitrogens is 1. The summed E-state index contributed by atoms with van der Waals surface area (Å²) in [5.41, 5.74) is 2.20. The van der Waals surface area contributed by atoms with Crippen LogP contribution in [0.25, 0.3) is 6.08 Å². The molecule has 0 unspecified atom stereocenters. The van der Waals surface area contributed by atoms with Crippen LogP contribution in [0.5, 0.6) is 17.2 Å². The highest BCUT2D eigenvalue weighted by Crippen LogP contribution is 2.32. The molecular weight excluding hydrogens is 528 g/mol. The molecule has 1 aliphatic rings. The van der Waals surface area contributed by atoms with Gasteiger partial charge >= 0.3 is 5.97 Å². The van der Waals surface area contributed by atoms with Crippen LogP contribution < -0.4 is 29.1 Å². The lowest BCUT2D eigenvalue weighted by Crippen LogP contribution is -2.39. The van der Waals surface area contributed by atoms with Gasteiger partial charge < -0.3 is 18.9 Å². The number of rotatable bonds is 12. The Labute approximate surface area is 238 Å². The first-order valence-electron chi connectivity index (χ1n) is 13.7. The van der Waals surface area contributed by atoms with Gasteiger partial charge in [0.1, 0.15) is 5.75 Å². The molecule has 0 radical (unpaired) electrons. The summed E-state index contributed by atoms with van der Waals surface area (Å²) in [7, 11) is 0. The molecule has 0 N–H and O–H groups in total. The number of hydrogen-bond donors (Lipinski definition) is 0. The third-order valence-electron chi connectivity index (χ3n) is 6.34. The topological polar surface area (TPSA) is 88.4 Å². The molecule has 0 amide bonds. The van der Waals surface area contributed by atoms with Crippen molar-refractivity contribution in [1.82, 2.24) is 4.57 Å². The molecule has 0 bridgehead atoms. The lowest BCUT2D eigenvalue weighted by molar-refractivity contribution is -0.139. The molecule has 1 aliphatic heterocycles. The van der Waals surface area contributed by atoms with Gasteiger partial charge in [0.15, 0.2) is 16.3 Å². The number of benzene rings is 2. The number of carbonyl (C=O) groups excluding carboxylic acids is 1. The van der Waals surface area contributed by atoms with E-state index in [9.17, 15) is 9.59 Å². The molecule has 40 heavy (non-hydrogen) atoms. The second kappa shape index (κ2) is 13.5. The molecule has 3 aromatic rings. The minimum absolute atomic E-state index is 0.219. The monoisotopic (exact) mass is 564 g/mol. The number of carbonyl (C=O) groups is 1. The summed E-state index contributed by atoms with van der Waals surface area (Å²) in [5, 5.41) is 0. The quantitative estimate of drug-likeness (QED) is 0.233. The summed E-state index contributed by atoms with van der Waals surface area (Å²) in [6, 6.07) is 12.4. The van der Waals surface area contributed by atoms with Crippen LogP contribution in [0.15, 0.2) is 63.5 Å². The van der Waals surface area contributed by atoms with Gasteiger partial charge in [0.05, 0.1) is 48.3 Å². The number of nitrogens with zero attached hydrogens (tertiary/aromatic N) is 2. The molecule has 212 valence electrons. The number of hydrogen-bond acceptors (Lipinski definition) is 8. The molecule has 0 aliphatic carbocycles. The standard InChI is InChI=1S/C31H36N2O6S/c1-6-10-17-39-24-16-11-21(18-25(24)37-8-3)19-26-29(34)33-28(22-12-14-23(15-13-22)36-7-2)27(30(35)38-9-4)20(5)32-31(33)40-26/h11-16,18-19,28H,6-10,17H2,1-5H3/b26-19+/t28-/m0/s1. The van der Waals surface area contributed by atoms with Gasteiger partial charge in [-0.2, -0.15) is 0 Å². The molecule has 1 aromatic heterocycles. The van der Waals surface area contributed by atoms with Crippen LogP contribution in [-0.4, -0.2) is 37.0 Å². The molecule has 2 heterocycles. The Morgan fingerprint density at radius 1 is 0.975 bits per heavy atom. The van der Waals surface area contributed by atoms with E-state index in [1.165, 1.54) is 11.3 Å². The highest BCUT2D eigenvalue weighted by molar-refractivity contribution is 7.07. The van der Waals surface area contributed by atoms with E-state index in [1.807, 2.05) is 62.4 Å². The maximum atomic E-state index is 13.9. The minimum Gasteiger partial charge on any atom is -0.494 e. The van der Waals surface area contributed by atoms with Gasteiger partial charge in [0.25, 0.3) is 5.56 Å². The number of thiazole rings is 1. The number of ether oxygens (including phenoxy) is 4. The fourth-order valence-electron chi connectivity index (χ4n) is 4.50. The van der Waals surface area contributed by atoms with E-state index < -0.39 is 12.0 Å². The lowest BCUT2D eigenvalue weighted by Gasteiger charge is -2.24. The van der Waals surface area contributed by atoms with Crippen molar-refractivity contribution >= 4 is 23.4 Å². The Morgan fingerprint density at radius 2 is 1.73 bits per heavy atom. The summed E-state index contributed by atoms with van der Waals surface area (Å²) in [6.45, 7) is 11.4. The van der Waals surface area contributed by atoms with Gasteiger partial charge in [-0.3, -0.25) is 9.36 Å². The zero-order valence-electron chi connectivity index (χ0n) is 23.7. The average Bonchev–Trinajstić information content (AvgIpc) is 3.24. The molecule has 8 nitrogen and oxygen atoms in total. The van der Waals surface area contributed by atoms with E-state index in [1.54, 1.807) is 18.4 Å². The Morgan fingerprint density at radius 3 is 2.40 bits per heavy atom. The Hall–Kier alpha value is -3.85. The Bertz CT molecular complexity index is 1550. The molecule has 0 fully saturated rings. The fraction of sp³-hybridized carbons (Fsp3) is 0.387. The zero-order chi connectivity index (χ0) is 28.6. The van der Waals surface area contributed by atoms with E-state index >= 15 is 0 Å². The maximum absolute atomic E-state index is 13.9. The van der Waals surface area contributed by atoms with Crippen LogP contribution in [0, 0.1) is 0 Å². The number of esters is 1. The van der Waals surface area contributed by atoms with E-state index in [4.69, 9.17) is 18.9 Å². The maximum Gasteiger partial charge on any atom is 0.338 e. The summed E-state index contributed by atoms with van der Waals surface area (Å²) in [4.78, 5) is 32.1. The Kier molecular flexibility index (Phi) is 9.82. The van der Waals surface area contributed by atoms with Gasteiger partial charge in [0, 0.05) is 0 Å². The summed E-state index contributed by atoms with van der Waals surface area (Å²) in [5.74, 6) is 1.54. The van der Waals surface area contributed by atoms with Crippen molar-refractivity contribution in [2.24, 2.45) is 4.99 Å². The highest BCUT2D eigenvalue weighted by Gasteiger charge is 2.33. The molecule has 2 aromatic carbocycles. The summed E-state index contributed by atoms with van der Waals surface area (Å²) < 4.78 is 24.8. The van der Waals surface area contributed by atoms with Crippen LogP contribution >= 0.6 is 11.3 Å². The smallest absolute Gasteiger partial charge is 0.338 e. The summed E-state index contributed by atoms with van der Waals surface area (Å²) in [6.07, 6.45) is 3.82. The van der Waals surface area contributed by atoms with E-state index in [0.29, 0.717) is 57.7 Å². The van der Waals surface area contributed by atoms with Crippen LogP contribution in [0.3, 0.4) is 0 Å². The van der Waals surface area contributed by atoms with Gasteiger partial charge in [0.2, 0.25) is 0 Å². The molecule has 0 saturated heterocycles. The number of allylic oxidation sites excluding steroid dienone is 1. The average molecular weight is 565 g/mol. The van der Waals surface area contributed by atoms with Gasteiger partial charge in [-0.1, -0.05) is 42.9 Å². The first-order valence-corrected chi connectivity index (χ1v) is 14.5. The van der Waals surface area contributed by atoms with Gasteiger partial charge in [-0.15, -0.1) is 0 Å². The predicted molar refractivity (Wildman–Crippen MR) is 156 cm³/mol. The molecule has 0 spiro atoms. The summed E-state index contributed by atoms with van der Waals surface area (Å²) >= 11 is 1.28. The van der Waals surface area contributed by atoms with Gasteiger partial charge in [-0.05, 0) is 75.6 Å². The van der Waals surface area contributed by atoms with Crippen LogP contribution in [-0.2, 0) is 9.53 Å². The zero-order valence-corrected chi connectivity index (χ0v) is 24.5. The van der Waals surface area contributed by atoms with E-state index in [-0.39, 0.29) is 12.2 Å². The predicted octanol–water partition coefficient (Wildman–Crippen LogP) is 4.77. The molecule has 1 atom stereocenters. The van der Waals surface area contributed by atoms with Crippen molar-refractivity contribution in [3.8, 4) is 17.2 Å². The second-order valence-electron chi connectivity index (χ2n) is 9.15. The SMILES string of the molecule is CCCCOc1ccc(/C=c2/sc3n(c2=O)[C@@H](c2ccc(OCC)cc2)C(C(=O)OCC)=C(C)N=3)cc1OCC. The minimum atomic E-state index is -0.679. The highest BCUT2D eigenvalue weighted by atomic mass is 32.1. The van der Waals surface area contributed by atoms with Crippen molar-refractivity contribution in [2.45, 2.75) is 53.5 Å². The van der Waals surface area contributed by atoms with Crippen molar-refractivity contribution in [3.05, 3.63) is 84.5 Å². The number of unbranched alkanes of at least 4 members (excludes halogenated alkanes) is 1. The first-order chi connectivity index (χ1) is 19.4. The largest absolute Gasteiger partial charge is 0.494 e. The van der Waals surface area contributed by atoms with Crippen LogP contribution in [0.1, 0.15) is 64.6 Å². The van der Waals surface area contributed by atoms with Crippen molar-refractivity contribution in [3.63, 3.8) is 0 Å². The molecular formula is C31H36N2O6S.